The van der Waals surface area contributed by atoms with Crippen LogP contribution in [0.3, 0.4) is 0 Å². The van der Waals surface area contributed by atoms with Crippen LogP contribution in [0.25, 0.3) is 0 Å². The molecule has 2 aromatic rings. The van der Waals surface area contributed by atoms with Gasteiger partial charge in [-0.3, -0.25) is 4.79 Å². The summed E-state index contributed by atoms with van der Waals surface area (Å²) in [7, 11) is 0. The third-order valence-electron chi connectivity index (χ3n) is 2.26. The molecule has 110 valence electrons. The van der Waals surface area contributed by atoms with E-state index in [0.29, 0.717) is 5.02 Å². The Morgan fingerprint density at radius 1 is 1.24 bits per heavy atom. The third-order valence-corrected chi connectivity index (χ3v) is 3.93. The van der Waals surface area contributed by atoms with Crippen molar-refractivity contribution in [1.82, 2.24) is 4.98 Å². The Balaban J connectivity index is 2.09. The van der Waals surface area contributed by atoms with Gasteiger partial charge in [-0.1, -0.05) is 34.8 Å². The quantitative estimate of drug-likeness (QED) is 0.761. The maximum Gasteiger partial charge on any atom is 0.228 e. The molecule has 5 nitrogen and oxygen atoms in total. The zero-order chi connectivity index (χ0) is 15.6. The highest BCUT2D eigenvalue weighted by Crippen LogP contribution is 2.35. The van der Waals surface area contributed by atoms with E-state index >= 15 is 0 Å². The highest BCUT2D eigenvalue weighted by molar-refractivity contribution is 7.12. The number of rotatable bonds is 5. The molecule has 1 aromatic carbocycles. The monoisotopic (exact) mass is 364 g/mol. The molecule has 0 aliphatic carbocycles. The number of halogens is 3. The van der Waals surface area contributed by atoms with Gasteiger partial charge in [0.05, 0.1) is 21.7 Å². The van der Waals surface area contributed by atoms with E-state index in [-0.39, 0.29) is 33.1 Å². The van der Waals surface area contributed by atoms with Crippen LogP contribution in [-0.2, 0) is 0 Å². The summed E-state index contributed by atoms with van der Waals surface area (Å²) < 4.78 is 5.24. The van der Waals surface area contributed by atoms with E-state index in [0.717, 1.165) is 11.3 Å². The molecule has 0 atom stereocenters. The van der Waals surface area contributed by atoms with Crippen LogP contribution in [0.5, 0.6) is 5.75 Å². The van der Waals surface area contributed by atoms with E-state index in [1.165, 1.54) is 17.5 Å². The van der Waals surface area contributed by atoms with Crippen molar-refractivity contribution in [3.8, 4) is 5.75 Å². The number of carbonyl (C=O) groups is 2. The van der Waals surface area contributed by atoms with Crippen LogP contribution in [0.1, 0.15) is 20.3 Å². The van der Waals surface area contributed by atoms with Gasteiger partial charge in [0.15, 0.2) is 17.4 Å². The van der Waals surface area contributed by atoms with Crippen LogP contribution in [0.2, 0.25) is 15.1 Å². The van der Waals surface area contributed by atoms with Crippen molar-refractivity contribution in [3.05, 3.63) is 43.3 Å². The first-order valence-electron chi connectivity index (χ1n) is 5.36. The summed E-state index contributed by atoms with van der Waals surface area (Å²) in [6, 6.07) is 2.85. The molecule has 0 fully saturated rings. The van der Waals surface area contributed by atoms with Crippen molar-refractivity contribution in [2.45, 2.75) is 0 Å². The second kappa shape index (κ2) is 6.62. The van der Waals surface area contributed by atoms with Crippen molar-refractivity contribution in [1.29, 1.82) is 0 Å². The van der Waals surface area contributed by atoms with Crippen molar-refractivity contribution < 1.29 is 19.4 Å². The topological polar surface area (TPSA) is 79.3 Å². The summed E-state index contributed by atoms with van der Waals surface area (Å²) in [6.07, 6.45) is 0. The van der Waals surface area contributed by atoms with E-state index in [1.54, 1.807) is 0 Å². The fourth-order valence-corrected chi connectivity index (χ4v) is 3.00. The zero-order valence-corrected chi connectivity index (χ0v) is 13.1. The van der Waals surface area contributed by atoms with E-state index in [4.69, 9.17) is 39.5 Å². The number of carbonyl (C=O) groups excluding carboxylic acids is 2. The lowest BCUT2D eigenvalue weighted by molar-refractivity contribution is -0.255. The smallest absolute Gasteiger partial charge is 0.228 e. The van der Waals surface area contributed by atoms with Gasteiger partial charge in [0.25, 0.3) is 0 Å². The average molecular weight is 366 g/mol. The SMILES string of the molecule is O=C([O-])c1csc(C(=O)COc2c(Cl)cc(Cl)cc2Cl)n1. The van der Waals surface area contributed by atoms with Crippen LogP contribution in [0.4, 0.5) is 0 Å². The van der Waals surface area contributed by atoms with Crippen LogP contribution in [0.15, 0.2) is 17.5 Å². The van der Waals surface area contributed by atoms with Gasteiger partial charge in [0.1, 0.15) is 0 Å². The summed E-state index contributed by atoms with van der Waals surface area (Å²) in [5, 5.41) is 12.4. The van der Waals surface area contributed by atoms with Crippen molar-refractivity contribution in [2.75, 3.05) is 6.61 Å². The number of Topliss-reactive ketones (excluding diaryl/α,β-unsaturated/α-hetero) is 1. The number of ether oxygens (including phenoxy) is 1. The van der Waals surface area contributed by atoms with Crippen molar-refractivity contribution in [3.63, 3.8) is 0 Å². The van der Waals surface area contributed by atoms with E-state index in [2.05, 4.69) is 4.98 Å². The van der Waals surface area contributed by atoms with Crippen LogP contribution in [0, 0.1) is 0 Å². The summed E-state index contributed by atoms with van der Waals surface area (Å²) in [5.74, 6) is -1.84. The average Bonchev–Trinajstić information content (AvgIpc) is 2.86. The number of benzene rings is 1. The number of carboxylic acids is 1. The molecule has 0 spiro atoms. The molecule has 0 aliphatic heterocycles. The Morgan fingerprint density at radius 3 is 2.38 bits per heavy atom. The molecule has 9 heteroatoms. The lowest BCUT2D eigenvalue weighted by Crippen LogP contribution is -2.23. The molecule has 0 saturated heterocycles. The maximum atomic E-state index is 11.8. The molecule has 0 bridgehead atoms. The number of nitrogens with zero attached hydrogens (tertiary/aromatic N) is 1. The Morgan fingerprint density at radius 2 is 1.86 bits per heavy atom. The molecule has 21 heavy (non-hydrogen) atoms. The van der Waals surface area contributed by atoms with Gasteiger partial charge in [0.2, 0.25) is 5.78 Å². The van der Waals surface area contributed by atoms with Crippen molar-refractivity contribution in [2.24, 2.45) is 0 Å². The van der Waals surface area contributed by atoms with Gasteiger partial charge < -0.3 is 14.6 Å². The fourth-order valence-electron chi connectivity index (χ4n) is 1.36. The van der Waals surface area contributed by atoms with E-state index < -0.39 is 11.8 Å². The Bertz CT molecular complexity index is 693. The fraction of sp³-hybridized carbons (Fsp3) is 0.0833. The van der Waals surface area contributed by atoms with Gasteiger partial charge in [0, 0.05) is 10.4 Å². The highest BCUT2D eigenvalue weighted by Gasteiger charge is 2.15. The zero-order valence-electron chi connectivity index (χ0n) is 10.1. The lowest BCUT2D eigenvalue weighted by Gasteiger charge is -2.08. The largest absolute Gasteiger partial charge is 0.543 e. The summed E-state index contributed by atoms with van der Waals surface area (Å²) in [4.78, 5) is 26.0. The van der Waals surface area contributed by atoms with Crippen LogP contribution < -0.4 is 9.84 Å². The molecular weight excluding hydrogens is 361 g/mol. The number of aromatic nitrogens is 1. The lowest BCUT2D eigenvalue weighted by atomic mass is 10.3. The normalized spacial score (nSPS) is 10.4. The predicted octanol–water partition coefficient (Wildman–Crippen LogP) is 2.73. The van der Waals surface area contributed by atoms with Gasteiger partial charge >= 0.3 is 0 Å². The molecule has 0 N–H and O–H groups in total. The maximum absolute atomic E-state index is 11.8. The second-order valence-electron chi connectivity index (χ2n) is 3.74. The van der Waals surface area contributed by atoms with Crippen LogP contribution >= 0.6 is 46.1 Å². The first-order chi connectivity index (χ1) is 9.88. The molecule has 0 amide bonds. The minimum Gasteiger partial charge on any atom is -0.543 e. The summed E-state index contributed by atoms with van der Waals surface area (Å²) >= 11 is 18.4. The van der Waals surface area contributed by atoms with Gasteiger partial charge in [-0.05, 0) is 12.1 Å². The van der Waals surface area contributed by atoms with Gasteiger partial charge in [-0.2, -0.15) is 0 Å². The molecule has 1 heterocycles. The predicted molar refractivity (Wildman–Crippen MR) is 77.7 cm³/mol. The molecular formula is C12H5Cl3NO4S-. The van der Waals surface area contributed by atoms with Gasteiger partial charge in [-0.25, -0.2) is 4.98 Å². The van der Waals surface area contributed by atoms with Crippen molar-refractivity contribution >= 4 is 57.9 Å². The third kappa shape index (κ3) is 3.85. The number of thiazole rings is 1. The molecule has 0 unspecified atom stereocenters. The van der Waals surface area contributed by atoms with E-state index in [9.17, 15) is 14.7 Å². The van der Waals surface area contributed by atoms with Crippen LogP contribution in [-0.4, -0.2) is 23.3 Å². The molecule has 0 radical (unpaired) electrons. The second-order valence-corrected chi connectivity index (χ2v) is 5.84. The highest BCUT2D eigenvalue weighted by atomic mass is 35.5. The van der Waals surface area contributed by atoms with E-state index in [1.807, 2.05) is 0 Å². The first-order valence-corrected chi connectivity index (χ1v) is 7.37. The summed E-state index contributed by atoms with van der Waals surface area (Å²) in [5.41, 5.74) is -0.300. The molecule has 0 aliphatic rings. The first kappa shape index (κ1) is 16.0. The number of ketones is 1. The number of aromatic carboxylic acids is 1. The minimum absolute atomic E-state index is 0.00425. The minimum atomic E-state index is -1.45. The Kier molecular flexibility index (Phi) is 5.05. The molecule has 2 rings (SSSR count). The number of carboxylic acid groups (broad SMARTS) is 1. The Hall–Kier alpha value is -1.34. The Labute approximate surface area is 138 Å². The molecule has 1 aromatic heterocycles. The number of hydrogen-bond acceptors (Lipinski definition) is 6. The standard InChI is InChI=1S/C12H6Cl3NO4S/c13-5-1-6(14)10(7(15)2-5)20-3-9(17)11-16-8(4-21-11)12(18)19/h1-2,4H,3H2,(H,18,19)/p-1. The van der Waals surface area contributed by atoms with Gasteiger partial charge in [-0.15, -0.1) is 11.3 Å². The molecule has 0 saturated carbocycles. The number of hydrogen-bond donors (Lipinski definition) is 0. The summed E-state index contributed by atoms with van der Waals surface area (Å²) in [6.45, 7) is -0.388.